The van der Waals surface area contributed by atoms with Crippen LogP contribution in [-0.2, 0) is 14.8 Å². The Labute approximate surface area is 154 Å². The fourth-order valence-electron chi connectivity index (χ4n) is 2.80. The fraction of sp³-hybridized carbons (Fsp3) is 0.235. The van der Waals surface area contributed by atoms with Gasteiger partial charge in [0.2, 0.25) is 15.9 Å². The van der Waals surface area contributed by atoms with Gasteiger partial charge in [0.15, 0.2) is 0 Å². The van der Waals surface area contributed by atoms with Crippen LogP contribution in [0.5, 0.6) is 11.5 Å². The van der Waals surface area contributed by atoms with Gasteiger partial charge in [-0.25, -0.2) is 13.6 Å². The summed E-state index contributed by atoms with van der Waals surface area (Å²) in [5.74, 6) is 0.802. The second kappa shape index (κ2) is 7.15. The average Bonchev–Trinajstić information content (AvgIpc) is 2.89. The Morgan fingerprint density at radius 1 is 1.08 bits per heavy atom. The number of rotatable bonds is 5. The van der Waals surface area contributed by atoms with E-state index in [0.717, 1.165) is 4.47 Å². The summed E-state index contributed by atoms with van der Waals surface area (Å²) >= 11 is 3.37. The minimum absolute atomic E-state index is 0.102. The van der Waals surface area contributed by atoms with Gasteiger partial charge >= 0.3 is 0 Å². The Kier molecular flexibility index (Phi) is 5.12. The number of carbonyl (C=O) groups is 1. The fourth-order valence-corrected chi connectivity index (χ4v) is 3.95. The third-order valence-corrected chi connectivity index (χ3v) is 5.34. The quantitative estimate of drug-likeness (QED) is 0.798. The number of sulfonamides is 1. The molecule has 3 rings (SSSR count). The topological polar surface area (TPSA) is 89.7 Å². The molecule has 1 aliphatic heterocycles. The van der Waals surface area contributed by atoms with Crippen molar-refractivity contribution in [1.82, 2.24) is 0 Å². The van der Waals surface area contributed by atoms with E-state index in [-0.39, 0.29) is 24.0 Å². The summed E-state index contributed by atoms with van der Waals surface area (Å²) in [7, 11) is -3.58. The van der Waals surface area contributed by atoms with Crippen LogP contribution in [0.15, 0.2) is 53.0 Å². The molecular weight excluding hydrogens is 408 g/mol. The number of nitrogens with two attached hydrogens (primary N) is 1. The molecule has 1 saturated heterocycles. The van der Waals surface area contributed by atoms with Crippen molar-refractivity contribution in [2.75, 3.05) is 17.2 Å². The van der Waals surface area contributed by atoms with Gasteiger partial charge in [0.05, 0.1) is 5.75 Å². The van der Waals surface area contributed by atoms with E-state index >= 15 is 0 Å². The van der Waals surface area contributed by atoms with Crippen LogP contribution in [0.3, 0.4) is 0 Å². The molecule has 1 fully saturated rings. The van der Waals surface area contributed by atoms with Crippen molar-refractivity contribution in [1.29, 1.82) is 0 Å². The number of hydrogen-bond acceptors (Lipinski definition) is 4. The van der Waals surface area contributed by atoms with Crippen molar-refractivity contribution >= 4 is 37.5 Å². The normalized spacial score (nSPS) is 17.8. The van der Waals surface area contributed by atoms with Crippen molar-refractivity contribution in [2.24, 2.45) is 11.1 Å². The van der Waals surface area contributed by atoms with E-state index in [1.807, 2.05) is 24.3 Å². The first-order valence-electron chi connectivity index (χ1n) is 7.64. The van der Waals surface area contributed by atoms with Crippen LogP contribution < -0.4 is 14.8 Å². The minimum Gasteiger partial charge on any atom is -0.457 e. The van der Waals surface area contributed by atoms with Gasteiger partial charge in [-0.05, 0) is 48.5 Å². The Morgan fingerprint density at radius 2 is 1.64 bits per heavy atom. The zero-order chi connectivity index (χ0) is 18.0. The molecule has 1 heterocycles. The number of primary sulfonamides is 1. The lowest BCUT2D eigenvalue weighted by atomic mass is 10.1. The van der Waals surface area contributed by atoms with Crippen molar-refractivity contribution in [3.05, 3.63) is 53.0 Å². The number of carbonyl (C=O) groups excluding carboxylic acids is 1. The molecule has 1 amide bonds. The molecule has 0 aliphatic carbocycles. The molecule has 1 aliphatic rings. The van der Waals surface area contributed by atoms with E-state index in [4.69, 9.17) is 9.88 Å². The summed E-state index contributed by atoms with van der Waals surface area (Å²) in [5.41, 5.74) is 0.713. The van der Waals surface area contributed by atoms with Crippen LogP contribution in [0.25, 0.3) is 0 Å². The van der Waals surface area contributed by atoms with Crippen molar-refractivity contribution < 1.29 is 17.9 Å². The summed E-state index contributed by atoms with van der Waals surface area (Å²) in [4.78, 5) is 13.7. The lowest BCUT2D eigenvalue weighted by molar-refractivity contribution is -0.117. The predicted molar refractivity (Wildman–Crippen MR) is 99.1 cm³/mol. The average molecular weight is 425 g/mol. The number of anilines is 1. The molecule has 6 nitrogen and oxygen atoms in total. The monoisotopic (exact) mass is 424 g/mol. The molecule has 0 bridgehead atoms. The smallest absolute Gasteiger partial charge is 0.227 e. The number of nitrogens with zero attached hydrogens (tertiary/aromatic N) is 1. The molecule has 2 aromatic carbocycles. The highest BCUT2D eigenvalue weighted by Crippen LogP contribution is 2.29. The lowest BCUT2D eigenvalue weighted by Gasteiger charge is -2.17. The second-order valence-corrected chi connectivity index (χ2v) is 8.53. The number of hydrogen-bond donors (Lipinski definition) is 1. The van der Waals surface area contributed by atoms with Gasteiger partial charge in [-0.15, -0.1) is 0 Å². The highest BCUT2D eigenvalue weighted by atomic mass is 79.9. The number of benzene rings is 2. The van der Waals surface area contributed by atoms with Crippen LogP contribution in [0.4, 0.5) is 5.69 Å². The molecule has 0 saturated carbocycles. The lowest BCUT2D eigenvalue weighted by Crippen LogP contribution is -2.27. The molecule has 0 radical (unpaired) electrons. The van der Waals surface area contributed by atoms with Gasteiger partial charge in [-0.1, -0.05) is 15.9 Å². The first kappa shape index (κ1) is 17.9. The Balaban J connectivity index is 1.68. The number of halogens is 1. The Morgan fingerprint density at radius 3 is 2.20 bits per heavy atom. The second-order valence-electron chi connectivity index (χ2n) is 5.95. The van der Waals surface area contributed by atoms with Gasteiger partial charge < -0.3 is 9.64 Å². The first-order valence-corrected chi connectivity index (χ1v) is 10.2. The first-order chi connectivity index (χ1) is 11.8. The van der Waals surface area contributed by atoms with Crippen LogP contribution in [0, 0.1) is 5.92 Å². The molecule has 2 N–H and O–H groups in total. The molecule has 1 atom stereocenters. The van der Waals surface area contributed by atoms with Crippen molar-refractivity contribution in [2.45, 2.75) is 6.42 Å². The number of ether oxygens (including phenoxy) is 1. The maximum atomic E-state index is 12.1. The predicted octanol–water partition coefficient (Wildman–Crippen LogP) is 2.88. The third kappa shape index (κ3) is 4.81. The highest BCUT2D eigenvalue weighted by Gasteiger charge is 2.32. The summed E-state index contributed by atoms with van der Waals surface area (Å²) in [6.45, 7) is 0.349. The minimum atomic E-state index is -3.58. The Hall–Kier alpha value is -1.90. The zero-order valence-electron chi connectivity index (χ0n) is 13.3. The van der Waals surface area contributed by atoms with Crippen molar-refractivity contribution in [3.63, 3.8) is 0 Å². The molecule has 132 valence electrons. The van der Waals surface area contributed by atoms with Crippen LogP contribution in [-0.4, -0.2) is 26.6 Å². The van der Waals surface area contributed by atoms with Gasteiger partial charge in [0, 0.05) is 29.0 Å². The zero-order valence-corrected chi connectivity index (χ0v) is 15.7. The van der Waals surface area contributed by atoms with E-state index in [0.29, 0.717) is 23.7 Å². The Bertz CT molecular complexity index is 867. The summed E-state index contributed by atoms with van der Waals surface area (Å²) in [6, 6.07) is 14.6. The largest absolute Gasteiger partial charge is 0.457 e. The molecular formula is C17H17BrN2O4S. The van der Waals surface area contributed by atoms with Gasteiger partial charge in [0.25, 0.3) is 0 Å². The summed E-state index contributed by atoms with van der Waals surface area (Å²) in [5, 5.41) is 5.07. The van der Waals surface area contributed by atoms with Gasteiger partial charge in [-0.3, -0.25) is 4.79 Å². The van der Waals surface area contributed by atoms with E-state index in [1.165, 1.54) is 0 Å². The SMILES string of the molecule is NS(=O)(=O)CC1CC(=O)N(c2ccc(Oc3ccc(Br)cc3)cc2)C1. The van der Waals surface area contributed by atoms with Crippen LogP contribution in [0.1, 0.15) is 6.42 Å². The standard InChI is InChI=1S/C17H17BrN2O4S/c18-13-1-5-15(6-2-13)24-16-7-3-14(4-8-16)20-10-12(9-17(20)21)11-25(19,22)23/h1-8,12H,9-11H2,(H2,19,22,23). The van der Waals surface area contributed by atoms with Gasteiger partial charge in [-0.2, -0.15) is 0 Å². The molecule has 0 spiro atoms. The molecule has 1 unspecified atom stereocenters. The number of amides is 1. The maximum Gasteiger partial charge on any atom is 0.227 e. The van der Waals surface area contributed by atoms with E-state index < -0.39 is 10.0 Å². The summed E-state index contributed by atoms with van der Waals surface area (Å²) in [6.07, 6.45) is 0.188. The van der Waals surface area contributed by atoms with Crippen molar-refractivity contribution in [3.8, 4) is 11.5 Å². The maximum absolute atomic E-state index is 12.1. The third-order valence-electron chi connectivity index (χ3n) is 3.87. The van der Waals surface area contributed by atoms with E-state index in [1.54, 1.807) is 29.2 Å². The van der Waals surface area contributed by atoms with Crippen LogP contribution >= 0.6 is 15.9 Å². The molecule has 0 aromatic heterocycles. The van der Waals surface area contributed by atoms with Gasteiger partial charge in [0.1, 0.15) is 11.5 Å². The molecule has 2 aromatic rings. The summed E-state index contributed by atoms with van der Waals surface area (Å²) < 4.78 is 29.1. The van der Waals surface area contributed by atoms with E-state index in [2.05, 4.69) is 15.9 Å². The van der Waals surface area contributed by atoms with E-state index in [9.17, 15) is 13.2 Å². The molecule has 25 heavy (non-hydrogen) atoms. The van der Waals surface area contributed by atoms with Crippen LogP contribution in [0.2, 0.25) is 0 Å². The highest BCUT2D eigenvalue weighted by molar-refractivity contribution is 9.10. The molecule has 8 heteroatoms.